The van der Waals surface area contributed by atoms with Crippen LogP contribution in [0.5, 0.6) is 0 Å². The fourth-order valence-electron chi connectivity index (χ4n) is 2.36. The van der Waals surface area contributed by atoms with Gasteiger partial charge in [-0.1, -0.05) is 36.4 Å². The summed E-state index contributed by atoms with van der Waals surface area (Å²) >= 11 is 4.73. The zero-order valence-electron chi connectivity index (χ0n) is 13.9. The molecule has 0 fully saturated rings. The van der Waals surface area contributed by atoms with Crippen LogP contribution in [0.25, 0.3) is 0 Å². The average molecular weight is 417 g/mol. The predicted octanol–water partition coefficient (Wildman–Crippen LogP) is 4.22. The van der Waals surface area contributed by atoms with Crippen molar-refractivity contribution in [2.24, 2.45) is 7.05 Å². The third kappa shape index (κ3) is 4.49. The van der Waals surface area contributed by atoms with E-state index < -0.39 is 0 Å². The molecule has 0 aliphatic rings. The molecule has 5 nitrogen and oxygen atoms in total. The van der Waals surface area contributed by atoms with Gasteiger partial charge >= 0.3 is 0 Å². The largest absolute Gasteiger partial charge is 0.325 e. The first-order chi connectivity index (χ1) is 12.0. The van der Waals surface area contributed by atoms with Crippen LogP contribution in [0.3, 0.4) is 0 Å². The minimum atomic E-state index is -0.0403. The first kappa shape index (κ1) is 17.7. The van der Waals surface area contributed by atoms with Gasteiger partial charge in [-0.15, -0.1) is 5.10 Å². The number of hydrogen-bond donors (Lipinski definition) is 1. The van der Waals surface area contributed by atoms with E-state index in [0.717, 1.165) is 26.9 Å². The van der Waals surface area contributed by atoms with Gasteiger partial charge in [-0.05, 0) is 57.9 Å². The molecule has 0 radical (unpaired) electrons. The molecule has 0 aliphatic heterocycles. The van der Waals surface area contributed by atoms with Gasteiger partial charge < -0.3 is 5.32 Å². The zero-order chi connectivity index (χ0) is 17.8. The summed E-state index contributed by atoms with van der Waals surface area (Å²) in [6.07, 6.45) is 0.348. The number of nitrogens with one attached hydrogen (secondary N) is 1. The summed E-state index contributed by atoms with van der Waals surface area (Å²) in [5.74, 6) is -0.0403. The number of nitrogens with zero attached hydrogens (tertiary/aromatic N) is 3. The number of anilines is 1. The first-order valence-corrected chi connectivity index (χ1v) is 9.31. The molecule has 128 valence electrons. The van der Waals surface area contributed by atoms with Crippen molar-refractivity contribution in [3.05, 3.63) is 64.4 Å². The maximum absolute atomic E-state index is 12.4. The predicted molar refractivity (Wildman–Crippen MR) is 103 cm³/mol. The van der Waals surface area contributed by atoms with Gasteiger partial charge in [0.05, 0.1) is 12.1 Å². The van der Waals surface area contributed by atoms with E-state index >= 15 is 0 Å². The maximum atomic E-state index is 12.4. The Balaban J connectivity index is 1.75. The van der Waals surface area contributed by atoms with Crippen molar-refractivity contribution in [3.8, 4) is 0 Å². The van der Waals surface area contributed by atoms with E-state index in [2.05, 4.69) is 31.3 Å². The summed E-state index contributed by atoms with van der Waals surface area (Å²) in [7, 11) is 1.83. The molecule has 1 N–H and O–H groups in total. The Morgan fingerprint density at radius 2 is 1.92 bits per heavy atom. The molecule has 0 bridgehead atoms. The summed E-state index contributed by atoms with van der Waals surface area (Å²) in [6, 6.07) is 15.6. The number of rotatable bonds is 5. The number of para-hydroxylation sites is 1. The molecule has 0 spiro atoms. The number of carbonyl (C=O) groups is 1. The van der Waals surface area contributed by atoms with E-state index in [1.165, 1.54) is 11.8 Å². The lowest BCUT2D eigenvalue weighted by molar-refractivity contribution is -0.115. The standard InChI is InChI=1S/C18H17BrN4OS/c1-12-7-3-4-8-13(12)11-16(24)20-14-9-5-6-10-15(14)25-18-21-17(19)22-23(18)2/h3-10H,11H2,1-2H3,(H,20,24). The molecule has 7 heteroatoms. The van der Waals surface area contributed by atoms with Gasteiger partial charge in [-0.2, -0.15) is 4.98 Å². The van der Waals surface area contributed by atoms with Gasteiger partial charge in [0.15, 0.2) is 5.16 Å². The highest BCUT2D eigenvalue weighted by atomic mass is 79.9. The van der Waals surface area contributed by atoms with Crippen LogP contribution in [-0.2, 0) is 18.3 Å². The number of aryl methyl sites for hydroxylation is 2. The van der Waals surface area contributed by atoms with Crippen molar-refractivity contribution in [1.29, 1.82) is 0 Å². The molecule has 3 aromatic rings. The Hall–Kier alpha value is -2.12. The third-order valence-electron chi connectivity index (χ3n) is 3.67. The second-order valence-electron chi connectivity index (χ2n) is 5.54. The molecule has 0 aliphatic carbocycles. The third-order valence-corrected chi connectivity index (χ3v) is 5.12. The molecule has 0 unspecified atom stereocenters. The van der Waals surface area contributed by atoms with Gasteiger partial charge in [0.25, 0.3) is 0 Å². The lowest BCUT2D eigenvalue weighted by atomic mass is 10.1. The van der Waals surface area contributed by atoms with Crippen molar-refractivity contribution >= 4 is 39.3 Å². The Morgan fingerprint density at radius 1 is 1.20 bits per heavy atom. The molecule has 2 aromatic carbocycles. The van der Waals surface area contributed by atoms with Crippen molar-refractivity contribution < 1.29 is 4.79 Å². The van der Waals surface area contributed by atoms with E-state index in [-0.39, 0.29) is 5.91 Å². The van der Waals surface area contributed by atoms with Crippen LogP contribution in [0.1, 0.15) is 11.1 Å². The zero-order valence-corrected chi connectivity index (χ0v) is 16.3. The van der Waals surface area contributed by atoms with Crippen molar-refractivity contribution in [2.45, 2.75) is 23.4 Å². The lowest BCUT2D eigenvalue weighted by Crippen LogP contribution is -2.15. The smallest absolute Gasteiger partial charge is 0.228 e. The van der Waals surface area contributed by atoms with Gasteiger partial charge in [-0.25, -0.2) is 4.68 Å². The minimum Gasteiger partial charge on any atom is -0.325 e. The molecule has 0 saturated heterocycles. The Labute approximate surface area is 159 Å². The molecule has 1 amide bonds. The van der Waals surface area contributed by atoms with E-state index in [0.29, 0.717) is 11.2 Å². The second-order valence-corrected chi connectivity index (χ2v) is 7.26. The fraction of sp³-hybridized carbons (Fsp3) is 0.167. The van der Waals surface area contributed by atoms with Crippen LogP contribution < -0.4 is 5.32 Å². The summed E-state index contributed by atoms with van der Waals surface area (Å²) < 4.78 is 2.24. The Morgan fingerprint density at radius 3 is 2.64 bits per heavy atom. The minimum absolute atomic E-state index is 0.0403. The van der Waals surface area contributed by atoms with Crippen LogP contribution in [0.4, 0.5) is 5.69 Å². The molecule has 1 aromatic heterocycles. The van der Waals surface area contributed by atoms with E-state index in [9.17, 15) is 4.79 Å². The number of aromatic nitrogens is 3. The van der Waals surface area contributed by atoms with Crippen molar-refractivity contribution in [1.82, 2.24) is 14.8 Å². The SMILES string of the molecule is Cc1ccccc1CC(=O)Nc1ccccc1Sc1nc(Br)nn1C. The van der Waals surface area contributed by atoms with E-state index in [1.54, 1.807) is 4.68 Å². The molecule has 3 rings (SSSR count). The maximum Gasteiger partial charge on any atom is 0.228 e. The van der Waals surface area contributed by atoms with Crippen LogP contribution in [0.2, 0.25) is 0 Å². The quantitative estimate of drug-likeness (QED) is 0.676. The van der Waals surface area contributed by atoms with Crippen LogP contribution >= 0.6 is 27.7 Å². The second kappa shape index (κ2) is 7.84. The molecule has 0 saturated carbocycles. The number of carbonyl (C=O) groups excluding carboxylic acids is 1. The van der Waals surface area contributed by atoms with Gasteiger partial charge in [0, 0.05) is 11.9 Å². The fourth-order valence-corrected chi connectivity index (χ4v) is 3.76. The molecular weight excluding hydrogens is 400 g/mol. The highest BCUT2D eigenvalue weighted by Gasteiger charge is 2.12. The molecular formula is C18H17BrN4OS. The van der Waals surface area contributed by atoms with Gasteiger partial charge in [-0.3, -0.25) is 4.79 Å². The van der Waals surface area contributed by atoms with Gasteiger partial charge in [0.1, 0.15) is 0 Å². The van der Waals surface area contributed by atoms with Gasteiger partial charge in [0.2, 0.25) is 10.6 Å². The van der Waals surface area contributed by atoms with Crippen molar-refractivity contribution in [3.63, 3.8) is 0 Å². The number of hydrogen-bond acceptors (Lipinski definition) is 4. The Kier molecular flexibility index (Phi) is 5.55. The van der Waals surface area contributed by atoms with Crippen LogP contribution in [-0.4, -0.2) is 20.7 Å². The number of halogens is 1. The molecule has 25 heavy (non-hydrogen) atoms. The first-order valence-electron chi connectivity index (χ1n) is 7.70. The highest BCUT2D eigenvalue weighted by Crippen LogP contribution is 2.32. The molecule has 1 heterocycles. The number of amides is 1. The Bertz CT molecular complexity index is 910. The molecule has 0 atom stereocenters. The summed E-state index contributed by atoms with van der Waals surface area (Å²) in [5.41, 5.74) is 2.91. The monoisotopic (exact) mass is 416 g/mol. The summed E-state index contributed by atoms with van der Waals surface area (Å²) in [4.78, 5) is 17.7. The summed E-state index contributed by atoms with van der Waals surface area (Å²) in [5, 5.41) is 7.92. The van der Waals surface area contributed by atoms with Crippen LogP contribution in [0.15, 0.2) is 63.3 Å². The number of benzene rings is 2. The van der Waals surface area contributed by atoms with E-state index in [1.807, 2.05) is 62.5 Å². The normalized spacial score (nSPS) is 10.7. The highest BCUT2D eigenvalue weighted by molar-refractivity contribution is 9.10. The average Bonchev–Trinajstić information content (AvgIpc) is 2.89. The van der Waals surface area contributed by atoms with E-state index in [4.69, 9.17) is 0 Å². The lowest BCUT2D eigenvalue weighted by Gasteiger charge is -2.11. The topological polar surface area (TPSA) is 59.8 Å². The van der Waals surface area contributed by atoms with Crippen LogP contribution in [0, 0.1) is 6.92 Å². The summed E-state index contributed by atoms with van der Waals surface area (Å²) in [6.45, 7) is 2.01. The van der Waals surface area contributed by atoms with Crippen molar-refractivity contribution in [2.75, 3.05) is 5.32 Å².